The summed E-state index contributed by atoms with van der Waals surface area (Å²) in [6, 6.07) is 2.22. The van der Waals surface area contributed by atoms with Gasteiger partial charge in [0.25, 0.3) is 0 Å². The molecule has 0 saturated heterocycles. The first kappa shape index (κ1) is 12.3. The fourth-order valence-corrected chi connectivity index (χ4v) is 3.86. The van der Waals surface area contributed by atoms with Crippen molar-refractivity contribution in [3.63, 3.8) is 0 Å². The topological polar surface area (TPSA) is 25.2 Å². The Hall–Kier alpha value is -0.760. The Morgan fingerprint density at radius 3 is 2.78 bits per heavy atom. The molecule has 0 aliphatic heterocycles. The molecule has 1 aromatic heterocycles. The Balaban J connectivity index is 1.74. The maximum absolute atomic E-state index is 10.1. The molecule has 100 valence electrons. The number of hydrogen-bond acceptors (Lipinski definition) is 1. The minimum atomic E-state index is -0.208. The van der Waals surface area contributed by atoms with E-state index in [0.29, 0.717) is 0 Å². The first-order valence-electron chi connectivity index (χ1n) is 7.62. The van der Waals surface area contributed by atoms with Gasteiger partial charge in [-0.25, -0.2) is 0 Å². The Morgan fingerprint density at radius 1 is 1.22 bits per heavy atom. The van der Waals surface area contributed by atoms with Crippen LogP contribution in [-0.2, 0) is 13.0 Å². The van der Waals surface area contributed by atoms with Crippen LogP contribution in [0.25, 0.3) is 0 Å². The summed E-state index contributed by atoms with van der Waals surface area (Å²) in [7, 11) is 0. The van der Waals surface area contributed by atoms with Crippen LogP contribution in [0.5, 0.6) is 0 Å². The van der Waals surface area contributed by atoms with Gasteiger partial charge >= 0.3 is 0 Å². The molecule has 2 heteroatoms. The van der Waals surface area contributed by atoms with E-state index >= 15 is 0 Å². The van der Waals surface area contributed by atoms with Crippen molar-refractivity contribution in [2.45, 2.75) is 70.9 Å². The summed E-state index contributed by atoms with van der Waals surface area (Å²) in [5.74, 6) is 0.955. The molecule has 1 aromatic rings. The largest absolute Gasteiger partial charge is 0.388 e. The van der Waals surface area contributed by atoms with Crippen molar-refractivity contribution in [2.75, 3.05) is 0 Å². The van der Waals surface area contributed by atoms with Gasteiger partial charge in [-0.1, -0.05) is 25.7 Å². The van der Waals surface area contributed by atoms with E-state index in [4.69, 9.17) is 0 Å². The van der Waals surface area contributed by atoms with E-state index in [1.807, 2.05) is 0 Å². The van der Waals surface area contributed by atoms with Crippen LogP contribution in [0, 0.1) is 12.8 Å². The summed E-state index contributed by atoms with van der Waals surface area (Å²) >= 11 is 0. The van der Waals surface area contributed by atoms with Gasteiger partial charge in [0.2, 0.25) is 0 Å². The molecule has 1 saturated carbocycles. The normalized spacial score (nSPS) is 24.4. The van der Waals surface area contributed by atoms with Crippen molar-refractivity contribution in [1.29, 1.82) is 0 Å². The summed E-state index contributed by atoms with van der Waals surface area (Å²) in [6.07, 6.45) is 10.1. The zero-order chi connectivity index (χ0) is 12.5. The maximum Gasteiger partial charge on any atom is 0.0807 e. The summed E-state index contributed by atoms with van der Waals surface area (Å²) in [5, 5.41) is 10.1. The fourth-order valence-electron chi connectivity index (χ4n) is 3.86. The first-order chi connectivity index (χ1) is 8.75. The molecule has 1 atom stereocenters. The number of aromatic nitrogens is 1. The predicted octanol–water partition coefficient (Wildman–Crippen LogP) is 3.75. The molecule has 0 radical (unpaired) electrons. The summed E-state index contributed by atoms with van der Waals surface area (Å²) < 4.78 is 2.48. The van der Waals surface area contributed by atoms with E-state index < -0.39 is 0 Å². The standard InChI is InChI=1S/C16H25NO/c1-12-11-14-15(7-4-8-16(14)18)17(12)10-9-13-5-2-3-6-13/h11,13,16,18H,2-10H2,1H3. The molecule has 2 aliphatic rings. The van der Waals surface area contributed by atoms with Crippen LogP contribution in [0.4, 0.5) is 0 Å². The minimum absolute atomic E-state index is 0.208. The Morgan fingerprint density at radius 2 is 2.00 bits per heavy atom. The molecular weight excluding hydrogens is 222 g/mol. The highest BCUT2D eigenvalue weighted by Gasteiger charge is 2.23. The highest BCUT2D eigenvalue weighted by Crippen LogP contribution is 2.33. The van der Waals surface area contributed by atoms with Crippen molar-refractivity contribution in [2.24, 2.45) is 5.92 Å². The van der Waals surface area contributed by atoms with Crippen LogP contribution in [-0.4, -0.2) is 9.67 Å². The Labute approximate surface area is 110 Å². The molecule has 1 unspecified atom stereocenters. The van der Waals surface area contributed by atoms with Crippen molar-refractivity contribution in [3.8, 4) is 0 Å². The van der Waals surface area contributed by atoms with Gasteiger partial charge in [0, 0.05) is 23.5 Å². The second-order valence-corrected chi connectivity index (χ2v) is 6.19. The molecule has 0 amide bonds. The fraction of sp³-hybridized carbons (Fsp3) is 0.750. The van der Waals surface area contributed by atoms with E-state index in [2.05, 4.69) is 17.6 Å². The van der Waals surface area contributed by atoms with Crippen LogP contribution in [0.1, 0.15) is 68.0 Å². The van der Waals surface area contributed by atoms with Crippen LogP contribution < -0.4 is 0 Å². The number of fused-ring (bicyclic) bond motifs is 1. The Bertz CT molecular complexity index is 415. The molecule has 0 aromatic carbocycles. The number of rotatable bonds is 3. The molecule has 1 heterocycles. The van der Waals surface area contributed by atoms with Gasteiger partial charge in [0.1, 0.15) is 0 Å². The Kier molecular flexibility index (Phi) is 3.47. The molecule has 0 spiro atoms. The average molecular weight is 247 g/mol. The molecular formula is C16H25NO. The molecule has 3 rings (SSSR count). The zero-order valence-corrected chi connectivity index (χ0v) is 11.5. The van der Waals surface area contributed by atoms with Gasteiger partial charge in [-0.05, 0) is 44.6 Å². The lowest BCUT2D eigenvalue weighted by molar-refractivity contribution is 0.155. The predicted molar refractivity (Wildman–Crippen MR) is 73.6 cm³/mol. The first-order valence-corrected chi connectivity index (χ1v) is 7.62. The highest BCUT2D eigenvalue weighted by atomic mass is 16.3. The van der Waals surface area contributed by atoms with E-state index in [0.717, 1.165) is 25.2 Å². The zero-order valence-electron chi connectivity index (χ0n) is 11.5. The number of aliphatic hydroxyl groups is 1. The van der Waals surface area contributed by atoms with Crippen molar-refractivity contribution >= 4 is 0 Å². The van der Waals surface area contributed by atoms with Gasteiger partial charge in [0.05, 0.1) is 6.10 Å². The van der Waals surface area contributed by atoms with E-state index in [9.17, 15) is 5.11 Å². The van der Waals surface area contributed by atoms with E-state index in [-0.39, 0.29) is 6.10 Å². The smallest absolute Gasteiger partial charge is 0.0807 e. The SMILES string of the molecule is Cc1cc2c(n1CCC1CCCC1)CCCC2O. The third-order valence-corrected chi connectivity index (χ3v) is 4.94. The second-order valence-electron chi connectivity index (χ2n) is 6.19. The van der Waals surface area contributed by atoms with Gasteiger partial charge in [-0.3, -0.25) is 0 Å². The van der Waals surface area contributed by atoms with Crippen LogP contribution in [0.2, 0.25) is 0 Å². The molecule has 2 aliphatic carbocycles. The molecule has 2 nitrogen and oxygen atoms in total. The second kappa shape index (κ2) is 5.08. The lowest BCUT2D eigenvalue weighted by atomic mass is 9.95. The van der Waals surface area contributed by atoms with E-state index in [1.165, 1.54) is 55.6 Å². The molecule has 18 heavy (non-hydrogen) atoms. The number of aliphatic hydroxyl groups excluding tert-OH is 1. The van der Waals surface area contributed by atoms with Crippen molar-refractivity contribution in [3.05, 3.63) is 23.0 Å². The van der Waals surface area contributed by atoms with Crippen LogP contribution in [0.15, 0.2) is 6.07 Å². The third kappa shape index (κ3) is 2.23. The maximum atomic E-state index is 10.1. The lowest BCUT2D eigenvalue weighted by Gasteiger charge is -2.21. The van der Waals surface area contributed by atoms with Crippen LogP contribution >= 0.6 is 0 Å². The summed E-state index contributed by atoms with van der Waals surface area (Å²) in [5.41, 5.74) is 3.98. The quantitative estimate of drug-likeness (QED) is 0.864. The van der Waals surface area contributed by atoms with Crippen molar-refractivity contribution in [1.82, 2.24) is 4.57 Å². The molecule has 1 fully saturated rings. The molecule has 1 N–H and O–H groups in total. The van der Waals surface area contributed by atoms with Crippen LogP contribution in [0.3, 0.4) is 0 Å². The number of hydrogen-bond donors (Lipinski definition) is 1. The average Bonchev–Trinajstić information content (AvgIpc) is 2.95. The number of nitrogens with zero attached hydrogens (tertiary/aromatic N) is 1. The summed E-state index contributed by atoms with van der Waals surface area (Å²) in [4.78, 5) is 0. The molecule has 0 bridgehead atoms. The summed E-state index contributed by atoms with van der Waals surface area (Å²) in [6.45, 7) is 3.36. The minimum Gasteiger partial charge on any atom is -0.388 e. The van der Waals surface area contributed by atoms with Gasteiger partial charge in [-0.2, -0.15) is 0 Å². The van der Waals surface area contributed by atoms with E-state index in [1.54, 1.807) is 0 Å². The van der Waals surface area contributed by atoms with Crippen molar-refractivity contribution < 1.29 is 5.11 Å². The highest BCUT2D eigenvalue weighted by molar-refractivity contribution is 5.31. The number of aryl methyl sites for hydroxylation is 1. The van der Waals surface area contributed by atoms with Gasteiger partial charge in [-0.15, -0.1) is 0 Å². The monoisotopic (exact) mass is 247 g/mol. The van der Waals surface area contributed by atoms with Gasteiger partial charge < -0.3 is 9.67 Å². The lowest BCUT2D eigenvalue weighted by Crippen LogP contribution is -2.13. The third-order valence-electron chi connectivity index (χ3n) is 4.94. The van der Waals surface area contributed by atoms with Gasteiger partial charge in [0.15, 0.2) is 0 Å².